The van der Waals surface area contributed by atoms with Crippen molar-refractivity contribution in [1.29, 1.82) is 0 Å². The van der Waals surface area contributed by atoms with Crippen LogP contribution in [-0.4, -0.2) is 41.1 Å². The first kappa shape index (κ1) is 14.8. The van der Waals surface area contributed by atoms with Gasteiger partial charge >= 0.3 is 0 Å². The van der Waals surface area contributed by atoms with E-state index >= 15 is 0 Å². The van der Waals surface area contributed by atoms with Crippen LogP contribution < -0.4 is 9.80 Å². The number of aromatic nitrogens is 3. The van der Waals surface area contributed by atoms with Crippen LogP contribution in [0.3, 0.4) is 0 Å². The topological polar surface area (TPSA) is 45.2 Å². The Morgan fingerprint density at radius 3 is 2.14 bits per heavy atom. The number of rotatable bonds is 2. The zero-order valence-corrected chi connectivity index (χ0v) is 13.5. The predicted octanol–water partition coefficient (Wildman–Crippen LogP) is 3.14. The van der Waals surface area contributed by atoms with Gasteiger partial charge in [-0.15, -0.1) is 0 Å². The molecule has 0 aliphatic carbocycles. The molecule has 116 valence electrons. The summed E-state index contributed by atoms with van der Waals surface area (Å²) in [6.07, 6.45) is 7.39. The van der Waals surface area contributed by atoms with E-state index in [1.165, 1.54) is 38.5 Å². The zero-order valence-electron chi connectivity index (χ0n) is 12.8. The molecule has 0 amide bonds. The summed E-state index contributed by atoms with van der Waals surface area (Å²) < 4.78 is 0. The van der Waals surface area contributed by atoms with E-state index in [0.29, 0.717) is 5.28 Å². The van der Waals surface area contributed by atoms with Crippen LogP contribution in [0.2, 0.25) is 5.28 Å². The van der Waals surface area contributed by atoms with E-state index in [0.717, 1.165) is 44.0 Å². The van der Waals surface area contributed by atoms with E-state index in [4.69, 9.17) is 16.6 Å². The maximum absolute atomic E-state index is 6.14. The van der Waals surface area contributed by atoms with E-state index in [9.17, 15) is 0 Å². The molecule has 5 nitrogen and oxygen atoms in total. The lowest BCUT2D eigenvalue weighted by Crippen LogP contribution is -2.33. The van der Waals surface area contributed by atoms with Crippen molar-refractivity contribution in [3.05, 3.63) is 5.28 Å². The van der Waals surface area contributed by atoms with Crippen LogP contribution in [0.15, 0.2) is 0 Å². The van der Waals surface area contributed by atoms with Crippen molar-refractivity contribution in [3.63, 3.8) is 0 Å². The van der Waals surface area contributed by atoms with Crippen molar-refractivity contribution in [2.45, 2.75) is 45.4 Å². The van der Waals surface area contributed by atoms with Crippen molar-refractivity contribution in [2.75, 3.05) is 36.0 Å². The van der Waals surface area contributed by atoms with Gasteiger partial charge in [-0.2, -0.15) is 15.0 Å². The van der Waals surface area contributed by atoms with Crippen molar-refractivity contribution in [1.82, 2.24) is 15.0 Å². The third kappa shape index (κ3) is 3.76. The van der Waals surface area contributed by atoms with E-state index in [1.54, 1.807) is 0 Å². The first-order chi connectivity index (χ1) is 10.2. The van der Waals surface area contributed by atoms with Crippen molar-refractivity contribution >= 4 is 23.5 Å². The molecule has 2 aliphatic rings. The van der Waals surface area contributed by atoms with Crippen LogP contribution in [0.1, 0.15) is 45.4 Å². The van der Waals surface area contributed by atoms with Gasteiger partial charge in [0.2, 0.25) is 17.2 Å². The molecule has 3 rings (SSSR count). The highest BCUT2D eigenvalue weighted by Gasteiger charge is 2.20. The van der Waals surface area contributed by atoms with Gasteiger partial charge in [0, 0.05) is 26.2 Å². The fourth-order valence-corrected chi connectivity index (χ4v) is 3.32. The lowest BCUT2D eigenvalue weighted by Gasteiger charge is -2.28. The van der Waals surface area contributed by atoms with E-state index < -0.39 is 0 Å². The summed E-state index contributed by atoms with van der Waals surface area (Å²) >= 11 is 6.14. The van der Waals surface area contributed by atoms with Gasteiger partial charge in [-0.05, 0) is 56.0 Å². The van der Waals surface area contributed by atoms with Crippen LogP contribution >= 0.6 is 11.6 Å². The predicted molar refractivity (Wildman–Crippen MR) is 86.1 cm³/mol. The largest absolute Gasteiger partial charge is 0.341 e. The molecular weight excluding hydrogens is 286 g/mol. The van der Waals surface area contributed by atoms with Gasteiger partial charge in [0.05, 0.1) is 0 Å². The number of anilines is 2. The molecule has 2 fully saturated rings. The molecule has 1 aromatic heterocycles. The SMILES string of the molecule is CC1CCCN(c2nc(Cl)nc(N3CCCCC3)n2)CC1. The van der Waals surface area contributed by atoms with Crippen LogP contribution in [-0.2, 0) is 0 Å². The Morgan fingerprint density at radius 2 is 1.43 bits per heavy atom. The van der Waals surface area contributed by atoms with Crippen molar-refractivity contribution in [3.8, 4) is 0 Å². The highest BCUT2D eigenvalue weighted by molar-refractivity contribution is 6.28. The molecule has 3 heterocycles. The molecular formula is C15H24ClN5. The maximum Gasteiger partial charge on any atom is 0.231 e. The molecule has 0 N–H and O–H groups in total. The molecule has 1 aromatic rings. The molecule has 2 aliphatic heterocycles. The summed E-state index contributed by atoms with van der Waals surface area (Å²) in [5.41, 5.74) is 0. The number of piperidine rings is 1. The number of halogens is 1. The minimum atomic E-state index is 0.317. The summed E-state index contributed by atoms with van der Waals surface area (Å²) in [6.45, 7) is 6.40. The molecule has 21 heavy (non-hydrogen) atoms. The van der Waals surface area contributed by atoms with Crippen molar-refractivity contribution < 1.29 is 0 Å². The van der Waals surface area contributed by atoms with E-state index in [1.807, 2.05) is 0 Å². The minimum Gasteiger partial charge on any atom is -0.341 e. The summed E-state index contributed by atoms with van der Waals surface area (Å²) in [6, 6.07) is 0. The third-order valence-electron chi connectivity index (χ3n) is 4.52. The molecule has 1 atom stereocenters. The van der Waals surface area contributed by atoms with Crippen LogP contribution in [0.5, 0.6) is 0 Å². The highest BCUT2D eigenvalue weighted by atomic mass is 35.5. The Morgan fingerprint density at radius 1 is 0.810 bits per heavy atom. The molecule has 6 heteroatoms. The number of hydrogen-bond donors (Lipinski definition) is 0. The lowest BCUT2D eigenvalue weighted by molar-refractivity contribution is 0.520. The number of hydrogen-bond acceptors (Lipinski definition) is 5. The molecule has 0 spiro atoms. The van der Waals surface area contributed by atoms with Gasteiger partial charge in [-0.1, -0.05) is 6.92 Å². The second kappa shape index (κ2) is 6.77. The van der Waals surface area contributed by atoms with Gasteiger partial charge in [0.25, 0.3) is 0 Å². The second-order valence-corrected chi connectivity index (χ2v) is 6.61. The monoisotopic (exact) mass is 309 g/mol. The average Bonchev–Trinajstić information content (AvgIpc) is 2.72. The highest BCUT2D eigenvalue weighted by Crippen LogP contribution is 2.23. The van der Waals surface area contributed by atoms with Crippen LogP contribution in [0, 0.1) is 5.92 Å². The molecule has 2 saturated heterocycles. The van der Waals surface area contributed by atoms with Gasteiger partial charge < -0.3 is 9.80 Å². The molecule has 0 bridgehead atoms. The molecule has 0 aromatic carbocycles. The Balaban J connectivity index is 1.79. The van der Waals surface area contributed by atoms with Crippen LogP contribution in [0.25, 0.3) is 0 Å². The molecule has 0 radical (unpaired) electrons. The normalized spacial score (nSPS) is 24.0. The average molecular weight is 310 g/mol. The fourth-order valence-electron chi connectivity index (χ4n) is 3.17. The first-order valence-electron chi connectivity index (χ1n) is 8.14. The minimum absolute atomic E-state index is 0.317. The van der Waals surface area contributed by atoms with Gasteiger partial charge in [0.15, 0.2) is 0 Å². The summed E-state index contributed by atoms with van der Waals surface area (Å²) in [5, 5.41) is 0.317. The van der Waals surface area contributed by atoms with Gasteiger partial charge in [-0.3, -0.25) is 0 Å². The van der Waals surface area contributed by atoms with Crippen LogP contribution in [0.4, 0.5) is 11.9 Å². The van der Waals surface area contributed by atoms with Crippen molar-refractivity contribution in [2.24, 2.45) is 5.92 Å². The summed E-state index contributed by atoms with van der Waals surface area (Å²) in [7, 11) is 0. The quantitative estimate of drug-likeness (QED) is 0.840. The molecule has 0 saturated carbocycles. The summed E-state index contributed by atoms with van der Waals surface area (Å²) in [4.78, 5) is 17.9. The molecule has 1 unspecified atom stereocenters. The van der Waals surface area contributed by atoms with E-state index in [-0.39, 0.29) is 0 Å². The van der Waals surface area contributed by atoms with E-state index in [2.05, 4.69) is 26.7 Å². The Kier molecular flexibility index (Phi) is 4.78. The fraction of sp³-hybridized carbons (Fsp3) is 0.800. The zero-order chi connectivity index (χ0) is 14.7. The standard InChI is InChI=1S/C15H24ClN5/c1-12-6-5-10-21(11-7-12)15-18-13(16)17-14(19-15)20-8-3-2-4-9-20/h12H,2-11H2,1H3. The number of nitrogens with zero attached hydrogens (tertiary/aromatic N) is 5. The summed E-state index contributed by atoms with van der Waals surface area (Å²) in [5.74, 6) is 2.29. The maximum atomic E-state index is 6.14. The van der Waals surface area contributed by atoms with Gasteiger partial charge in [-0.25, -0.2) is 0 Å². The Hall–Kier alpha value is -1.10. The third-order valence-corrected chi connectivity index (χ3v) is 4.69. The Bertz CT molecular complexity index is 475. The van der Waals surface area contributed by atoms with Gasteiger partial charge in [0.1, 0.15) is 0 Å². The second-order valence-electron chi connectivity index (χ2n) is 6.28. The lowest BCUT2D eigenvalue weighted by atomic mass is 10.0. The Labute approximate surface area is 131 Å². The smallest absolute Gasteiger partial charge is 0.231 e. The first-order valence-corrected chi connectivity index (χ1v) is 8.51.